The van der Waals surface area contributed by atoms with Gasteiger partial charge in [-0.05, 0) is 58.0 Å². The van der Waals surface area contributed by atoms with Crippen LogP contribution >= 0.6 is 11.6 Å². The smallest absolute Gasteiger partial charge is 0.0642 e. The van der Waals surface area contributed by atoms with E-state index in [1.54, 1.807) is 0 Å². The number of nitrogens with two attached hydrogens (primary N) is 1. The van der Waals surface area contributed by atoms with E-state index < -0.39 is 0 Å². The summed E-state index contributed by atoms with van der Waals surface area (Å²) < 4.78 is 0. The summed E-state index contributed by atoms with van der Waals surface area (Å²) in [4.78, 5) is 4.72. The molecular weight excluding hydrogens is 270 g/mol. The standard InChI is InChI=1S/C16H26ClN3/c1-12(18)10-13-4-5-16(15(17)11-13)20-8-6-14(7-9-20)19(2)3/h4-5,11-12,14H,6-10,18H2,1-3H3. The second kappa shape index (κ2) is 6.79. The molecule has 1 aliphatic rings. The van der Waals surface area contributed by atoms with Gasteiger partial charge < -0.3 is 15.5 Å². The van der Waals surface area contributed by atoms with Crippen molar-refractivity contribution in [3.8, 4) is 0 Å². The number of rotatable bonds is 4. The summed E-state index contributed by atoms with van der Waals surface area (Å²) in [6.07, 6.45) is 3.28. The summed E-state index contributed by atoms with van der Waals surface area (Å²) in [5, 5.41) is 0.853. The highest BCUT2D eigenvalue weighted by Crippen LogP contribution is 2.30. The molecule has 4 heteroatoms. The van der Waals surface area contributed by atoms with Crippen LogP contribution in [0.4, 0.5) is 5.69 Å². The molecule has 1 aromatic rings. The predicted octanol–water partition coefficient (Wildman–Crippen LogP) is 2.76. The van der Waals surface area contributed by atoms with Gasteiger partial charge in [0.25, 0.3) is 0 Å². The molecular formula is C16H26ClN3. The first-order valence-electron chi connectivity index (χ1n) is 7.42. The molecule has 112 valence electrons. The van der Waals surface area contributed by atoms with Gasteiger partial charge in [0.2, 0.25) is 0 Å². The summed E-state index contributed by atoms with van der Waals surface area (Å²) in [6, 6.07) is 7.24. The maximum Gasteiger partial charge on any atom is 0.0642 e. The van der Waals surface area contributed by atoms with Crippen LogP contribution in [0.5, 0.6) is 0 Å². The highest BCUT2D eigenvalue weighted by atomic mass is 35.5. The van der Waals surface area contributed by atoms with Gasteiger partial charge >= 0.3 is 0 Å². The van der Waals surface area contributed by atoms with Gasteiger partial charge in [0.1, 0.15) is 0 Å². The van der Waals surface area contributed by atoms with E-state index in [4.69, 9.17) is 17.3 Å². The molecule has 20 heavy (non-hydrogen) atoms. The van der Waals surface area contributed by atoms with Crippen LogP contribution < -0.4 is 10.6 Å². The zero-order valence-electron chi connectivity index (χ0n) is 12.8. The van der Waals surface area contributed by atoms with Crippen LogP contribution in [0.3, 0.4) is 0 Å². The average molecular weight is 296 g/mol. The topological polar surface area (TPSA) is 32.5 Å². The lowest BCUT2D eigenvalue weighted by molar-refractivity contribution is 0.249. The number of hydrogen-bond donors (Lipinski definition) is 1. The van der Waals surface area contributed by atoms with E-state index in [1.165, 1.54) is 18.4 Å². The Morgan fingerprint density at radius 1 is 1.35 bits per heavy atom. The minimum atomic E-state index is 0.174. The lowest BCUT2D eigenvalue weighted by Crippen LogP contribution is -2.42. The Kier molecular flexibility index (Phi) is 5.30. The maximum atomic E-state index is 6.45. The van der Waals surface area contributed by atoms with Gasteiger partial charge in [0.05, 0.1) is 10.7 Å². The Morgan fingerprint density at radius 2 is 2.00 bits per heavy atom. The van der Waals surface area contributed by atoms with Crippen molar-refractivity contribution in [1.82, 2.24) is 4.90 Å². The van der Waals surface area contributed by atoms with Crippen LogP contribution in [0.15, 0.2) is 18.2 Å². The third-order valence-electron chi connectivity index (χ3n) is 4.11. The largest absolute Gasteiger partial charge is 0.370 e. The second-order valence-electron chi connectivity index (χ2n) is 6.15. The van der Waals surface area contributed by atoms with Crippen molar-refractivity contribution in [2.45, 2.75) is 38.3 Å². The fraction of sp³-hybridized carbons (Fsp3) is 0.625. The Hall–Kier alpha value is -0.770. The molecule has 0 saturated carbocycles. The molecule has 1 aromatic carbocycles. The third kappa shape index (κ3) is 3.87. The highest BCUT2D eigenvalue weighted by Gasteiger charge is 2.22. The lowest BCUT2D eigenvalue weighted by Gasteiger charge is -2.37. The molecule has 3 nitrogen and oxygen atoms in total. The van der Waals surface area contributed by atoms with Gasteiger partial charge in [-0.3, -0.25) is 0 Å². The molecule has 0 bridgehead atoms. The molecule has 0 spiro atoms. The van der Waals surface area contributed by atoms with E-state index in [0.717, 1.165) is 30.2 Å². The normalized spacial score (nSPS) is 18.6. The minimum Gasteiger partial charge on any atom is -0.370 e. The predicted molar refractivity (Wildman–Crippen MR) is 87.7 cm³/mol. The molecule has 0 aromatic heterocycles. The zero-order chi connectivity index (χ0) is 14.7. The second-order valence-corrected chi connectivity index (χ2v) is 6.56. The Bertz CT molecular complexity index is 437. The molecule has 1 aliphatic heterocycles. The van der Waals surface area contributed by atoms with Gasteiger partial charge in [0.15, 0.2) is 0 Å². The van der Waals surface area contributed by atoms with Crippen LogP contribution in [0.1, 0.15) is 25.3 Å². The van der Waals surface area contributed by atoms with Crippen LogP contribution in [0, 0.1) is 0 Å². The van der Waals surface area contributed by atoms with Crippen molar-refractivity contribution < 1.29 is 0 Å². The Labute approximate surface area is 127 Å². The summed E-state index contributed by atoms with van der Waals surface area (Å²) in [5.41, 5.74) is 8.22. The van der Waals surface area contributed by atoms with Crippen molar-refractivity contribution in [2.75, 3.05) is 32.1 Å². The fourth-order valence-electron chi connectivity index (χ4n) is 2.93. The maximum absolute atomic E-state index is 6.45. The quantitative estimate of drug-likeness (QED) is 0.927. The van der Waals surface area contributed by atoms with Gasteiger partial charge in [-0.25, -0.2) is 0 Å². The zero-order valence-corrected chi connectivity index (χ0v) is 13.5. The van der Waals surface area contributed by atoms with E-state index in [9.17, 15) is 0 Å². The van der Waals surface area contributed by atoms with Gasteiger partial charge in [0, 0.05) is 25.2 Å². The number of anilines is 1. The molecule has 1 atom stereocenters. The number of hydrogen-bond acceptors (Lipinski definition) is 3. The van der Waals surface area contributed by atoms with E-state index in [0.29, 0.717) is 6.04 Å². The number of nitrogens with zero attached hydrogens (tertiary/aromatic N) is 2. The molecule has 1 fully saturated rings. The van der Waals surface area contributed by atoms with Crippen molar-refractivity contribution in [3.63, 3.8) is 0 Å². The number of piperidine rings is 1. The van der Waals surface area contributed by atoms with Gasteiger partial charge in [-0.15, -0.1) is 0 Å². The molecule has 0 amide bonds. The summed E-state index contributed by atoms with van der Waals surface area (Å²) >= 11 is 6.45. The number of benzene rings is 1. The SMILES string of the molecule is CC(N)Cc1ccc(N2CCC(N(C)C)CC2)c(Cl)c1. The highest BCUT2D eigenvalue weighted by molar-refractivity contribution is 6.33. The number of halogens is 1. The molecule has 2 N–H and O–H groups in total. The van der Waals surface area contributed by atoms with Gasteiger partial charge in [-0.1, -0.05) is 17.7 Å². The van der Waals surface area contributed by atoms with Gasteiger partial charge in [-0.2, -0.15) is 0 Å². The molecule has 0 radical (unpaired) electrons. The summed E-state index contributed by atoms with van der Waals surface area (Å²) in [7, 11) is 4.33. The lowest BCUT2D eigenvalue weighted by atomic mass is 10.0. The fourth-order valence-corrected chi connectivity index (χ4v) is 3.25. The first kappa shape index (κ1) is 15.6. The van der Waals surface area contributed by atoms with Crippen LogP contribution in [0.25, 0.3) is 0 Å². The minimum absolute atomic E-state index is 0.174. The van der Waals surface area contributed by atoms with E-state index >= 15 is 0 Å². The van der Waals surface area contributed by atoms with Crippen LogP contribution in [-0.2, 0) is 6.42 Å². The van der Waals surface area contributed by atoms with E-state index in [1.807, 2.05) is 6.92 Å². The van der Waals surface area contributed by atoms with Crippen molar-refractivity contribution >= 4 is 17.3 Å². The summed E-state index contributed by atoms with van der Waals surface area (Å²) in [5.74, 6) is 0. The van der Waals surface area contributed by atoms with E-state index in [-0.39, 0.29) is 6.04 Å². The van der Waals surface area contributed by atoms with Crippen LogP contribution in [-0.4, -0.2) is 44.2 Å². The Balaban J connectivity index is 2.03. The first-order valence-corrected chi connectivity index (χ1v) is 7.80. The average Bonchev–Trinajstić information content (AvgIpc) is 2.38. The van der Waals surface area contributed by atoms with E-state index in [2.05, 4.69) is 42.1 Å². The van der Waals surface area contributed by atoms with Crippen molar-refractivity contribution in [2.24, 2.45) is 5.73 Å². The molecule has 0 aliphatic carbocycles. The molecule has 1 unspecified atom stereocenters. The van der Waals surface area contributed by atoms with Crippen LogP contribution in [0.2, 0.25) is 5.02 Å². The monoisotopic (exact) mass is 295 g/mol. The van der Waals surface area contributed by atoms with Crippen molar-refractivity contribution in [3.05, 3.63) is 28.8 Å². The van der Waals surface area contributed by atoms with Crippen molar-refractivity contribution in [1.29, 1.82) is 0 Å². The molecule has 1 saturated heterocycles. The first-order chi connectivity index (χ1) is 9.47. The Morgan fingerprint density at radius 3 is 2.50 bits per heavy atom. The molecule has 2 rings (SSSR count). The summed E-state index contributed by atoms with van der Waals surface area (Å²) in [6.45, 7) is 4.18. The third-order valence-corrected chi connectivity index (χ3v) is 4.41. The molecule has 1 heterocycles.